The molecule has 0 fully saturated rings. The molecule has 2 aromatic carbocycles. The van der Waals surface area contributed by atoms with Gasteiger partial charge in [0, 0.05) is 0 Å². The van der Waals surface area contributed by atoms with Crippen molar-refractivity contribution in [2.45, 2.75) is 35.8 Å². The van der Waals surface area contributed by atoms with E-state index < -0.39 is 45.8 Å². The predicted octanol–water partition coefficient (Wildman–Crippen LogP) is 3.17. The summed E-state index contributed by atoms with van der Waals surface area (Å²) in [5.41, 5.74) is 1.77. The summed E-state index contributed by atoms with van der Waals surface area (Å²) < 4.78 is 112. The van der Waals surface area contributed by atoms with Crippen LogP contribution in [-0.2, 0) is 52.3 Å². The fourth-order valence-electron chi connectivity index (χ4n) is 3.28. The molecule has 0 amide bonds. The highest BCUT2D eigenvalue weighted by molar-refractivity contribution is 7.87. The molecule has 0 aliphatic rings. The van der Waals surface area contributed by atoms with Crippen LogP contribution in [0.1, 0.15) is 11.1 Å². The molecule has 2 rings (SSSR count). The van der Waals surface area contributed by atoms with Gasteiger partial charge in [-0.3, -0.25) is 8.37 Å². The molecule has 0 aliphatic heterocycles. The maximum atomic E-state index is 13.2. The van der Waals surface area contributed by atoms with Crippen molar-refractivity contribution in [3.8, 4) is 0 Å². The highest BCUT2D eigenvalue weighted by atomic mass is 32.2. The van der Waals surface area contributed by atoms with Crippen molar-refractivity contribution in [1.82, 2.24) is 0 Å². The maximum Gasteiger partial charge on any atom is 0.297 e. The van der Waals surface area contributed by atoms with Gasteiger partial charge in [0.05, 0.1) is 75.9 Å². The Bertz CT molecular complexity index is 1140. The van der Waals surface area contributed by atoms with Crippen molar-refractivity contribution in [1.29, 1.82) is 0 Å². The molecule has 0 aliphatic carbocycles. The lowest BCUT2D eigenvalue weighted by Gasteiger charge is -2.15. The first-order chi connectivity index (χ1) is 20.6. The monoisotopic (exact) mass is 654 g/mol. The van der Waals surface area contributed by atoms with E-state index in [0.29, 0.717) is 0 Å². The van der Waals surface area contributed by atoms with Crippen LogP contribution in [-0.4, -0.2) is 108 Å². The minimum atomic E-state index is -4.10. The summed E-state index contributed by atoms with van der Waals surface area (Å²) in [7, 11) is -8.20. The van der Waals surface area contributed by atoms with Gasteiger partial charge < -0.3 is 23.7 Å². The molecule has 2 atom stereocenters. The van der Waals surface area contributed by atoms with E-state index in [4.69, 9.17) is 32.1 Å². The van der Waals surface area contributed by atoms with E-state index in [-0.39, 0.29) is 75.9 Å². The van der Waals surface area contributed by atoms with Crippen LogP contribution < -0.4 is 0 Å². The first-order valence-corrected chi connectivity index (χ1v) is 16.4. The summed E-state index contributed by atoms with van der Waals surface area (Å²) in [6, 6.07) is 12.1. The number of benzene rings is 2. The summed E-state index contributed by atoms with van der Waals surface area (Å²) in [5.74, 6) is 0. The molecular formula is C28H40F2O11S2. The van der Waals surface area contributed by atoms with Crippen LogP contribution in [0, 0.1) is 13.8 Å². The fraction of sp³-hybridized carbons (Fsp3) is 0.571. The van der Waals surface area contributed by atoms with Gasteiger partial charge in [0.1, 0.15) is 25.6 Å². The Labute approximate surface area is 252 Å². The highest BCUT2D eigenvalue weighted by Gasteiger charge is 2.23. The van der Waals surface area contributed by atoms with Gasteiger partial charge in [-0.2, -0.15) is 16.8 Å². The van der Waals surface area contributed by atoms with Gasteiger partial charge in [-0.15, -0.1) is 0 Å². The van der Waals surface area contributed by atoms with E-state index in [1.807, 2.05) is 13.8 Å². The number of aryl methyl sites for hydroxylation is 2. The molecule has 0 saturated heterocycles. The molecule has 0 saturated carbocycles. The lowest BCUT2D eigenvalue weighted by atomic mass is 10.2. The lowest BCUT2D eigenvalue weighted by Crippen LogP contribution is -2.26. The van der Waals surface area contributed by atoms with Gasteiger partial charge in [0.2, 0.25) is 0 Å². The minimum Gasteiger partial charge on any atom is -0.377 e. The van der Waals surface area contributed by atoms with Gasteiger partial charge in [-0.1, -0.05) is 35.4 Å². The molecular weight excluding hydrogens is 614 g/mol. The Morgan fingerprint density at radius 2 is 0.791 bits per heavy atom. The average Bonchev–Trinajstić information content (AvgIpc) is 2.98. The second-order valence-electron chi connectivity index (χ2n) is 9.27. The van der Waals surface area contributed by atoms with Crippen LogP contribution in [0.25, 0.3) is 0 Å². The molecule has 11 nitrogen and oxygen atoms in total. The van der Waals surface area contributed by atoms with Crippen LogP contribution in [0.2, 0.25) is 0 Å². The van der Waals surface area contributed by atoms with E-state index >= 15 is 0 Å². The normalized spacial score (nSPS) is 13.7. The molecule has 0 heterocycles. The van der Waals surface area contributed by atoms with Gasteiger partial charge in [0.25, 0.3) is 20.2 Å². The lowest BCUT2D eigenvalue weighted by molar-refractivity contribution is -0.0245. The third-order valence-electron chi connectivity index (χ3n) is 5.58. The van der Waals surface area contributed by atoms with Gasteiger partial charge in [0.15, 0.2) is 0 Å². The van der Waals surface area contributed by atoms with Crippen molar-refractivity contribution in [3.63, 3.8) is 0 Å². The molecule has 0 radical (unpaired) electrons. The molecule has 2 unspecified atom stereocenters. The van der Waals surface area contributed by atoms with Crippen molar-refractivity contribution in [2.24, 2.45) is 0 Å². The first-order valence-electron chi connectivity index (χ1n) is 13.6. The van der Waals surface area contributed by atoms with Gasteiger partial charge >= 0.3 is 0 Å². The Hall–Kier alpha value is -2.08. The summed E-state index contributed by atoms with van der Waals surface area (Å²) in [4.78, 5) is -0.111. The Morgan fingerprint density at radius 3 is 1.07 bits per heavy atom. The zero-order chi connectivity index (χ0) is 31.6. The average molecular weight is 655 g/mol. The van der Waals surface area contributed by atoms with E-state index in [2.05, 4.69) is 0 Å². The topological polar surface area (TPSA) is 133 Å². The zero-order valence-corrected chi connectivity index (χ0v) is 26.0. The van der Waals surface area contributed by atoms with Crippen LogP contribution in [0.5, 0.6) is 0 Å². The van der Waals surface area contributed by atoms with E-state index in [1.165, 1.54) is 24.3 Å². The minimum absolute atomic E-state index is 0.0554. The molecule has 2 aromatic rings. The SMILES string of the molecule is Cc1ccc(S(=O)(=O)OC(CF)COCCOCCOCCOCCOCC(CF)OS(=O)(=O)c2ccc(C)cc2)cc1. The molecule has 244 valence electrons. The molecule has 0 spiro atoms. The second kappa shape index (κ2) is 20.0. The highest BCUT2D eigenvalue weighted by Crippen LogP contribution is 2.17. The number of rotatable bonds is 24. The Balaban J connectivity index is 1.43. The number of ether oxygens (including phenoxy) is 5. The van der Waals surface area contributed by atoms with Gasteiger partial charge in [-0.25, -0.2) is 8.78 Å². The molecule has 0 aromatic heterocycles. The van der Waals surface area contributed by atoms with Crippen LogP contribution >= 0.6 is 0 Å². The van der Waals surface area contributed by atoms with Crippen LogP contribution in [0.4, 0.5) is 8.78 Å². The van der Waals surface area contributed by atoms with Crippen molar-refractivity contribution in [2.75, 3.05) is 79.4 Å². The van der Waals surface area contributed by atoms with Crippen molar-refractivity contribution in [3.05, 3.63) is 59.7 Å². The summed E-state index contributed by atoms with van der Waals surface area (Å²) in [6.45, 7) is 2.79. The number of alkyl halides is 2. The largest absolute Gasteiger partial charge is 0.377 e. The smallest absolute Gasteiger partial charge is 0.297 e. The summed E-state index contributed by atoms with van der Waals surface area (Å²) >= 11 is 0. The maximum absolute atomic E-state index is 13.2. The fourth-order valence-corrected chi connectivity index (χ4v) is 5.37. The number of hydrogen-bond donors (Lipinski definition) is 0. The first kappa shape index (κ1) is 37.1. The van der Waals surface area contributed by atoms with E-state index in [0.717, 1.165) is 11.1 Å². The molecule has 0 bridgehead atoms. The van der Waals surface area contributed by atoms with Crippen LogP contribution in [0.15, 0.2) is 58.3 Å². The number of halogens is 2. The van der Waals surface area contributed by atoms with Crippen molar-refractivity contribution >= 4 is 20.2 Å². The standard InChI is InChI=1S/C28H40F2O11S2/c1-23-3-7-27(8-4-23)42(31,32)40-25(19-29)21-38-17-15-36-13-11-35-12-14-37-16-18-39-22-26(20-30)41-43(33,34)28-9-5-24(2)6-10-28/h3-10,25-26H,11-22H2,1-2H3. The molecule has 43 heavy (non-hydrogen) atoms. The summed E-state index contributed by atoms with van der Waals surface area (Å²) in [6.07, 6.45) is -2.53. The molecule has 15 heteroatoms. The zero-order valence-electron chi connectivity index (χ0n) is 24.3. The molecule has 0 N–H and O–H groups in total. The third-order valence-corrected chi connectivity index (χ3v) is 8.33. The predicted molar refractivity (Wildman–Crippen MR) is 153 cm³/mol. The third kappa shape index (κ3) is 15.0. The van der Waals surface area contributed by atoms with E-state index in [1.54, 1.807) is 24.3 Å². The Kier molecular flexibility index (Phi) is 17.3. The van der Waals surface area contributed by atoms with Crippen molar-refractivity contribution < 1.29 is 57.7 Å². The summed E-state index contributed by atoms with van der Waals surface area (Å²) in [5, 5.41) is 0. The van der Waals surface area contributed by atoms with Gasteiger partial charge in [-0.05, 0) is 38.1 Å². The number of hydrogen-bond acceptors (Lipinski definition) is 11. The Morgan fingerprint density at radius 1 is 0.512 bits per heavy atom. The van der Waals surface area contributed by atoms with Crippen LogP contribution in [0.3, 0.4) is 0 Å². The second-order valence-corrected chi connectivity index (χ2v) is 12.4. The van der Waals surface area contributed by atoms with E-state index in [9.17, 15) is 25.6 Å². The quantitative estimate of drug-likeness (QED) is 0.122.